The summed E-state index contributed by atoms with van der Waals surface area (Å²) in [7, 11) is 1.36. The number of rotatable bonds is 6. The van der Waals surface area contributed by atoms with Crippen LogP contribution in [0.5, 0.6) is 0 Å². The molecule has 0 amide bonds. The van der Waals surface area contributed by atoms with Gasteiger partial charge in [-0.05, 0) is 20.3 Å². The minimum absolute atomic E-state index is 0.241. The molecule has 3 nitrogen and oxygen atoms in total. The zero-order valence-electron chi connectivity index (χ0n) is 8.55. The standard InChI is InChI=1S/C9H18FNO2/c1-8(2)11(6-4-5-10)7-9(12)13-3/h8H,4-7H2,1-3H3. The van der Waals surface area contributed by atoms with Gasteiger partial charge in [-0.1, -0.05) is 0 Å². The van der Waals surface area contributed by atoms with Crippen LogP contribution in [0.25, 0.3) is 0 Å². The van der Waals surface area contributed by atoms with Crippen LogP contribution in [0.4, 0.5) is 4.39 Å². The number of halogens is 1. The first-order chi connectivity index (χ1) is 6.11. The molecule has 0 spiro atoms. The molecule has 13 heavy (non-hydrogen) atoms. The third-order valence-corrected chi connectivity index (χ3v) is 1.87. The zero-order valence-corrected chi connectivity index (χ0v) is 8.55. The fourth-order valence-electron chi connectivity index (χ4n) is 1.01. The van der Waals surface area contributed by atoms with Gasteiger partial charge < -0.3 is 4.74 Å². The average Bonchev–Trinajstić information content (AvgIpc) is 2.11. The minimum Gasteiger partial charge on any atom is -0.468 e. The van der Waals surface area contributed by atoms with Crippen LogP contribution in [0.1, 0.15) is 20.3 Å². The SMILES string of the molecule is COC(=O)CN(CCCF)C(C)C. The first-order valence-corrected chi connectivity index (χ1v) is 4.48. The van der Waals surface area contributed by atoms with Gasteiger partial charge in [0.2, 0.25) is 0 Å². The number of hydrogen-bond acceptors (Lipinski definition) is 3. The average molecular weight is 191 g/mol. The third-order valence-electron chi connectivity index (χ3n) is 1.87. The first-order valence-electron chi connectivity index (χ1n) is 4.48. The van der Waals surface area contributed by atoms with Crippen LogP contribution in [0.3, 0.4) is 0 Å². The van der Waals surface area contributed by atoms with Crippen molar-refractivity contribution in [2.45, 2.75) is 26.3 Å². The topological polar surface area (TPSA) is 29.5 Å². The highest BCUT2D eigenvalue weighted by atomic mass is 19.1. The van der Waals surface area contributed by atoms with Gasteiger partial charge in [0.25, 0.3) is 0 Å². The largest absolute Gasteiger partial charge is 0.468 e. The van der Waals surface area contributed by atoms with Gasteiger partial charge in [-0.15, -0.1) is 0 Å². The van der Waals surface area contributed by atoms with Gasteiger partial charge in [-0.25, -0.2) is 0 Å². The van der Waals surface area contributed by atoms with Crippen LogP contribution in [0.2, 0.25) is 0 Å². The summed E-state index contributed by atoms with van der Waals surface area (Å²) in [6.45, 7) is 4.45. The summed E-state index contributed by atoms with van der Waals surface area (Å²) in [5.41, 5.74) is 0. The maximum atomic E-state index is 11.9. The Labute approximate surface area is 78.9 Å². The van der Waals surface area contributed by atoms with Gasteiger partial charge in [-0.3, -0.25) is 14.1 Å². The first kappa shape index (κ1) is 12.4. The Balaban J connectivity index is 3.87. The molecule has 0 aromatic rings. The molecular weight excluding hydrogens is 173 g/mol. The fourth-order valence-corrected chi connectivity index (χ4v) is 1.01. The number of esters is 1. The van der Waals surface area contributed by atoms with Crippen LogP contribution < -0.4 is 0 Å². The molecule has 78 valence electrons. The number of methoxy groups -OCH3 is 1. The second-order valence-corrected chi connectivity index (χ2v) is 3.18. The van der Waals surface area contributed by atoms with Gasteiger partial charge in [-0.2, -0.15) is 0 Å². The van der Waals surface area contributed by atoms with Crippen molar-refractivity contribution in [2.24, 2.45) is 0 Å². The second-order valence-electron chi connectivity index (χ2n) is 3.18. The summed E-state index contributed by atoms with van der Waals surface area (Å²) < 4.78 is 16.4. The summed E-state index contributed by atoms with van der Waals surface area (Å²) in [5.74, 6) is -0.271. The highest BCUT2D eigenvalue weighted by molar-refractivity contribution is 5.71. The Morgan fingerprint density at radius 3 is 2.54 bits per heavy atom. The molecule has 0 unspecified atom stereocenters. The summed E-state index contributed by atoms with van der Waals surface area (Å²) in [4.78, 5) is 12.8. The summed E-state index contributed by atoms with van der Waals surface area (Å²) in [6.07, 6.45) is 0.467. The van der Waals surface area contributed by atoms with Crippen LogP contribution in [0.15, 0.2) is 0 Å². The van der Waals surface area contributed by atoms with E-state index in [9.17, 15) is 9.18 Å². The highest BCUT2D eigenvalue weighted by Crippen LogP contribution is 2.00. The predicted molar refractivity (Wildman–Crippen MR) is 49.3 cm³/mol. The third kappa shape index (κ3) is 5.58. The molecule has 0 aromatic heterocycles. The zero-order chi connectivity index (χ0) is 10.3. The van der Waals surface area contributed by atoms with Crippen molar-refractivity contribution >= 4 is 5.97 Å². The van der Waals surface area contributed by atoms with E-state index in [0.29, 0.717) is 13.0 Å². The number of alkyl halides is 1. The van der Waals surface area contributed by atoms with Crippen molar-refractivity contribution in [3.63, 3.8) is 0 Å². The molecule has 0 aromatic carbocycles. The summed E-state index contributed by atoms with van der Waals surface area (Å²) in [6, 6.07) is 0.241. The van der Waals surface area contributed by atoms with E-state index in [1.165, 1.54) is 7.11 Å². The van der Waals surface area contributed by atoms with E-state index >= 15 is 0 Å². The molecule has 0 aliphatic rings. The Hall–Kier alpha value is -0.640. The van der Waals surface area contributed by atoms with E-state index in [4.69, 9.17) is 0 Å². The number of carbonyl (C=O) groups excluding carboxylic acids is 1. The number of hydrogen-bond donors (Lipinski definition) is 0. The van der Waals surface area contributed by atoms with Crippen molar-refractivity contribution in [1.29, 1.82) is 0 Å². The quantitative estimate of drug-likeness (QED) is 0.591. The van der Waals surface area contributed by atoms with E-state index < -0.39 is 0 Å². The lowest BCUT2D eigenvalue weighted by Crippen LogP contribution is -2.37. The van der Waals surface area contributed by atoms with Crippen molar-refractivity contribution in [3.8, 4) is 0 Å². The van der Waals surface area contributed by atoms with E-state index in [2.05, 4.69) is 4.74 Å². The van der Waals surface area contributed by atoms with E-state index in [1.54, 1.807) is 0 Å². The molecule has 0 heterocycles. The Morgan fingerprint density at radius 2 is 2.15 bits per heavy atom. The van der Waals surface area contributed by atoms with Crippen LogP contribution in [-0.4, -0.2) is 43.8 Å². The highest BCUT2D eigenvalue weighted by Gasteiger charge is 2.13. The number of nitrogens with zero attached hydrogens (tertiary/aromatic N) is 1. The van der Waals surface area contributed by atoms with Crippen molar-refractivity contribution in [2.75, 3.05) is 26.9 Å². The van der Waals surface area contributed by atoms with Gasteiger partial charge in [0.05, 0.1) is 20.3 Å². The molecule has 0 saturated heterocycles. The monoisotopic (exact) mass is 191 g/mol. The summed E-state index contributed by atoms with van der Waals surface area (Å²) in [5, 5.41) is 0. The molecule has 0 fully saturated rings. The fraction of sp³-hybridized carbons (Fsp3) is 0.889. The summed E-state index contributed by atoms with van der Waals surface area (Å²) >= 11 is 0. The Bertz CT molecular complexity index is 151. The van der Waals surface area contributed by atoms with E-state index in [0.717, 1.165) is 0 Å². The molecule has 0 radical (unpaired) electrons. The molecule has 0 N–H and O–H groups in total. The lowest BCUT2D eigenvalue weighted by atomic mass is 10.3. The maximum Gasteiger partial charge on any atom is 0.319 e. The lowest BCUT2D eigenvalue weighted by Gasteiger charge is -2.24. The molecule has 0 aliphatic heterocycles. The molecular formula is C9H18FNO2. The van der Waals surface area contributed by atoms with Crippen LogP contribution in [-0.2, 0) is 9.53 Å². The normalized spacial score (nSPS) is 10.9. The van der Waals surface area contributed by atoms with Gasteiger partial charge >= 0.3 is 5.97 Å². The van der Waals surface area contributed by atoms with Crippen LogP contribution in [0, 0.1) is 0 Å². The van der Waals surface area contributed by atoms with Gasteiger partial charge in [0.15, 0.2) is 0 Å². The van der Waals surface area contributed by atoms with Crippen molar-refractivity contribution < 1.29 is 13.9 Å². The smallest absolute Gasteiger partial charge is 0.319 e. The molecule has 0 atom stereocenters. The van der Waals surface area contributed by atoms with E-state index in [1.807, 2.05) is 18.7 Å². The molecule has 0 bridgehead atoms. The second kappa shape index (κ2) is 6.83. The number of carbonyl (C=O) groups is 1. The Morgan fingerprint density at radius 1 is 1.54 bits per heavy atom. The minimum atomic E-state index is -0.343. The molecule has 0 saturated carbocycles. The van der Waals surface area contributed by atoms with Crippen LogP contribution >= 0.6 is 0 Å². The predicted octanol–water partition coefficient (Wildman–Crippen LogP) is 1.23. The van der Waals surface area contributed by atoms with Crippen molar-refractivity contribution in [3.05, 3.63) is 0 Å². The number of ether oxygens (including phenoxy) is 1. The van der Waals surface area contributed by atoms with Gasteiger partial charge in [0, 0.05) is 12.6 Å². The van der Waals surface area contributed by atoms with Crippen molar-refractivity contribution in [1.82, 2.24) is 4.90 Å². The van der Waals surface area contributed by atoms with Gasteiger partial charge in [0.1, 0.15) is 0 Å². The molecule has 0 rings (SSSR count). The Kier molecular flexibility index (Phi) is 6.49. The van der Waals surface area contributed by atoms with E-state index in [-0.39, 0.29) is 25.2 Å². The molecule has 4 heteroatoms. The lowest BCUT2D eigenvalue weighted by molar-refractivity contribution is -0.142. The molecule has 0 aliphatic carbocycles. The maximum absolute atomic E-state index is 11.9.